The zero-order chi connectivity index (χ0) is 25.5. The maximum atomic E-state index is 13.4. The van der Waals surface area contributed by atoms with Crippen LogP contribution in [0.5, 0.6) is 0 Å². The smallest absolute Gasteiger partial charge is 0.308 e. The van der Waals surface area contributed by atoms with E-state index >= 15 is 0 Å². The van der Waals surface area contributed by atoms with Gasteiger partial charge in [0.1, 0.15) is 0 Å². The van der Waals surface area contributed by atoms with E-state index < -0.39 is 24.1 Å². The number of amides is 2. The molecule has 33 heavy (non-hydrogen) atoms. The number of hydrogen-bond donors (Lipinski definition) is 1. The van der Waals surface area contributed by atoms with Crippen molar-refractivity contribution >= 4 is 17.8 Å². The van der Waals surface area contributed by atoms with Crippen molar-refractivity contribution in [2.24, 2.45) is 23.7 Å². The Labute approximate surface area is 200 Å². The number of methoxy groups -OCH3 is 2. The van der Waals surface area contributed by atoms with Gasteiger partial charge >= 0.3 is 5.97 Å². The lowest BCUT2D eigenvalue weighted by atomic mass is 9.88. The summed E-state index contributed by atoms with van der Waals surface area (Å²) in [5.74, 6) is -1.46. The Morgan fingerprint density at radius 1 is 1.06 bits per heavy atom. The van der Waals surface area contributed by atoms with E-state index in [-0.39, 0.29) is 48.1 Å². The highest BCUT2D eigenvalue weighted by atomic mass is 16.5. The molecule has 1 rings (SSSR count). The molecule has 1 N–H and O–H groups in total. The van der Waals surface area contributed by atoms with E-state index in [1.807, 2.05) is 27.8 Å². The van der Waals surface area contributed by atoms with Crippen molar-refractivity contribution in [2.45, 2.75) is 91.5 Å². The molecule has 2 amide bonds. The van der Waals surface area contributed by atoms with E-state index in [1.54, 1.807) is 23.8 Å². The maximum Gasteiger partial charge on any atom is 0.308 e. The second-order valence-electron chi connectivity index (χ2n) is 9.96. The third-order valence-electron chi connectivity index (χ3n) is 7.62. The second kappa shape index (κ2) is 13.3. The predicted octanol–water partition coefficient (Wildman–Crippen LogP) is 3.28. The van der Waals surface area contributed by atoms with Crippen molar-refractivity contribution in [3.63, 3.8) is 0 Å². The molecule has 1 saturated heterocycles. The predicted molar refractivity (Wildman–Crippen MR) is 128 cm³/mol. The zero-order valence-electron chi connectivity index (χ0n) is 22.0. The third-order valence-corrected chi connectivity index (χ3v) is 7.62. The van der Waals surface area contributed by atoms with E-state index in [0.717, 1.165) is 12.8 Å². The summed E-state index contributed by atoms with van der Waals surface area (Å²) in [7, 11) is 4.89. The van der Waals surface area contributed by atoms with Gasteiger partial charge in [-0.2, -0.15) is 0 Å². The Bertz CT molecular complexity index is 655. The Morgan fingerprint density at radius 3 is 2.12 bits per heavy atom. The van der Waals surface area contributed by atoms with E-state index in [9.17, 15) is 19.5 Å². The Balaban J connectivity index is 3.11. The lowest BCUT2D eigenvalue weighted by Crippen LogP contribution is -2.53. The molecule has 0 aromatic carbocycles. The number of carbonyl (C=O) groups is 3. The monoisotopic (exact) mass is 470 g/mol. The zero-order valence-corrected chi connectivity index (χ0v) is 22.0. The Hall–Kier alpha value is -1.67. The standard InChI is InChI=1S/C25H46N2O6/c1-10-16(4)22(26(7)24(29)17(5)15(2)3)20(32-8)14-21(28)27-13-11-12-19(27)23(33-9)18(6)25(30)31/h15-20,22-23H,10-14H2,1-9H3,(H,30,31)/t16-,17-,18+,19-,20+,22?,23+/m0/s1. The summed E-state index contributed by atoms with van der Waals surface area (Å²) in [4.78, 5) is 41.6. The lowest BCUT2D eigenvalue weighted by Gasteiger charge is -2.40. The number of aliphatic carboxylic acids is 1. The van der Waals surface area contributed by atoms with Crippen LogP contribution in [0.25, 0.3) is 0 Å². The largest absolute Gasteiger partial charge is 0.481 e. The van der Waals surface area contributed by atoms with Crippen LogP contribution in [-0.2, 0) is 23.9 Å². The molecule has 0 aromatic rings. The van der Waals surface area contributed by atoms with Crippen molar-refractivity contribution in [1.29, 1.82) is 0 Å². The van der Waals surface area contributed by atoms with Crippen LogP contribution >= 0.6 is 0 Å². The van der Waals surface area contributed by atoms with E-state index in [2.05, 4.69) is 13.8 Å². The van der Waals surface area contributed by atoms with E-state index in [4.69, 9.17) is 9.47 Å². The lowest BCUT2D eigenvalue weighted by molar-refractivity contribution is -0.152. The molecule has 7 atom stereocenters. The molecule has 1 aliphatic rings. The first-order valence-corrected chi connectivity index (χ1v) is 12.3. The molecular formula is C25H46N2O6. The van der Waals surface area contributed by atoms with Crippen LogP contribution in [-0.4, -0.2) is 84.8 Å². The van der Waals surface area contributed by atoms with Crippen molar-refractivity contribution in [3.05, 3.63) is 0 Å². The molecular weight excluding hydrogens is 424 g/mol. The number of rotatable bonds is 13. The summed E-state index contributed by atoms with van der Waals surface area (Å²) >= 11 is 0. The molecule has 1 aliphatic heterocycles. The van der Waals surface area contributed by atoms with Gasteiger partial charge in [-0.3, -0.25) is 14.4 Å². The summed E-state index contributed by atoms with van der Waals surface area (Å²) in [5, 5.41) is 9.47. The van der Waals surface area contributed by atoms with Crippen LogP contribution in [0.1, 0.15) is 67.2 Å². The van der Waals surface area contributed by atoms with Crippen LogP contribution in [0.2, 0.25) is 0 Å². The minimum Gasteiger partial charge on any atom is -0.481 e. The summed E-state index contributed by atoms with van der Waals surface area (Å²) in [6.45, 7) is 12.3. The summed E-state index contributed by atoms with van der Waals surface area (Å²) < 4.78 is 11.3. The molecule has 0 aliphatic carbocycles. The first-order chi connectivity index (χ1) is 15.4. The SMILES string of the molecule is CC[C@H](C)C([C@@H](CC(=O)N1CCC[C@H]1[C@H](OC)[C@@H](C)C(=O)O)OC)N(C)C(=O)[C@@H](C)C(C)C. The maximum absolute atomic E-state index is 13.4. The first-order valence-electron chi connectivity index (χ1n) is 12.3. The fourth-order valence-electron chi connectivity index (χ4n) is 4.90. The van der Waals surface area contributed by atoms with Gasteiger partial charge in [0.15, 0.2) is 0 Å². The molecule has 1 heterocycles. The second-order valence-corrected chi connectivity index (χ2v) is 9.96. The number of carbonyl (C=O) groups excluding carboxylic acids is 2. The molecule has 0 radical (unpaired) electrons. The number of carboxylic acids is 1. The third kappa shape index (κ3) is 7.15. The van der Waals surface area contributed by atoms with E-state index in [0.29, 0.717) is 13.0 Å². The molecule has 0 saturated carbocycles. The van der Waals surface area contributed by atoms with Gasteiger partial charge in [-0.25, -0.2) is 0 Å². The normalized spacial score (nSPS) is 21.9. The number of hydrogen-bond acceptors (Lipinski definition) is 5. The number of likely N-dealkylation sites (N-methyl/N-ethyl adjacent to an activating group) is 1. The fourth-order valence-corrected chi connectivity index (χ4v) is 4.90. The molecule has 1 fully saturated rings. The summed E-state index contributed by atoms with van der Waals surface area (Å²) in [5.41, 5.74) is 0. The van der Waals surface area contributed by atoms with Gasteiger partial charge in [-0.15, -0.1) is 0 Å². The molecule has 0 aromatic heterocycles. The first kappa shape index (κ1) is 29.4. The van der Waals surface area contributed by atoms with Gasteiger partial charge in [0, 0.05) is 33.7 Å². The highest BCUT2D eigenvalue weighted by molar-refractivity contribution is 5.80. The Kier molecular flexibility index (Phi) is 11.8. The molecule has 8 heteroatoms. The van der Waals surface area contributed by atoms with Crippen molar-refractivity contribution in [3.8, 4) is 0 Å². The number of carboxylic acid groups (broad SMARTS) is 1. The van der Waals surface area contributed by atoms with Crippen molar-refractivity contribution in [1.82, 2.24) is 9.80 Å². The molecule has 8 nitrogen and oxygen atoms in total. The average molecular weight is 471 g/mol. The number of likely N-dealkylation sites (tertiary alicyclic amines) is 1. The fraction of sp³-hybridized carbons (Fsp3) is 0.880. The topological polar surface area (TPSA) is 96.4 Å². The van der Waals surface area contributed by atoms with Crippen LogP contribution in [0.4, 0.5) is 0 Å². The van der Waals surface area contributed by atoms with E-state index in [1.165, 1.54) is 7.11 Å². The van der Waals surface area contributed by atoms with Crippen LogP contribution in [0.3, 0.4) is 0 Å². The number of nitrogens with zero attached hydrogens (tertiary/aromatic N) is 2. The number of ether oxygens (including phenoxy) is 2. The van der Waals surface area contributed by atoms with Crippen LogP contribution in [0, 0.1) is 23.7 Å². The minimum absolute atomic E-state index is 0.0542. The highest BCUT2D eigenvalue weighted by Gasteiger charge is 2.42. The highest BCUT2D eigenvalue weighted by Crippen LogP contribution is 2.29. The molecule has 0 spiro atoms. The van der Waals surface area contributed by atoms with Gasteiger partial charge in [0.05, 0.1) is 36.6 Å². The van der Waals surface area contributed by atoms with Crippen molar-refractivity contribution < 1.29 is 29.0 Å². The van der Waals surface area contributed by atoms with Crippen LogP contribution < -0.4 is 0 Å². The van der Waals surface area contributed by atoms with Gasteiger partial charge < -0.3 is 24.4 Å². The van der Waals surface area contributed by atoms with Gasteiger partial charge in [-0.1, -0.05) is 41.0 Å². The summed E-state index contributed by atoms with van der Waals surface area (Å²) in [6.07, 6.45) is 1.46. The Morgan fingerprint density at radius 2 is 1.67 bits per heavy atom. The minimum atomic E-state index is -0.938. The molecule has 0 bridgehead atoms. The quantitative estimate of drug-likeness (QED) is 0.444. The van der Waals surface area contributed by atoms with Gasteiger partial charge in [-0.05, 0) is 31.6 Å². The molecule has 192 valence electrons. The van der Waals surface area contributed by atoms with Crippen molar-refractivity contribution in [2.75, 3.05) is 27.8 Å². The van der Waals surface area contributed by atoms with Crippen LogP contribution in [0.15, 0.2) is 0 Å². The molecule has 1 unspecified atom stereocenters. The average Bonchev–Trinajstić information content (AvgIpc) is 3.26. The van der Waals surface area contributed by atoms with Gasteiger partial charge in [0.25, 0.3) is 0 Å². The summed E-state index contributed by atoms with van der Waals surface area (Å²) in [6, 6.07) is -0.525. The van der Waals surface area contributed by atoms with Gasteiger partial charge in [0.2, 0.25) is 11.8 Å².